The number of hydrogen-bond acceptors (Lipinski definition) is 7. The van der Waals surface area contributed by atoms with Crippen LogP contribution in [-0.4, -0.2) is 55.5 Å². The molecule has 1 unspecified atom stereocenters. The Kier molecular flexibility index (Phi) is 6.76. The molecule has 2 aromatic carbocycles. The predicted molar refractivity (Wildman–Crippen MR) is 142 cm³/mol. The molecule has 1 fully saturated rings. The summed E-state index contributed by atoms with van der Waals surface area (Å²) >= 11 is 1.78. The standard InChI is InChI=1S/C27H31N5OS/c1-19(26-14-22(18-34-26)24-7-5-4-6-21(24)17-31(2)3)29-27-25-15-23(32-10-12-33-13-11-32)9-8-20(25)16-28-30-27/h4-9,14-16,18-19H,10-13,17H2,1-3H3,(H,29,30). The van der Waals surface area contributed by atoms with Gasteiger partial charge in [0.1, 0.15) is 0 Å². The second-order valence-electron chi connectivity index (χ2n) is 9.06. The van der Waals surface area contributed by atoms with E-state index < -0.39 is 0 Å². The van der Waals surface area contributed by atoms with E-state index in [1.165, 1.54) is 27.3 Å². The van der Waals surface area contributed by atoms with Gasteiger partial charge < -0.3 is 19.9 Å². The first-order valence-electron chi connectivity index (χ1n) is 11.7. The molecule has 3 heterocycles. The van der Waals surface area contributed by atoms with Crippen molar-refractivity contribution < 1.29 is 4.74 Å². The summed E-state index contributed by atoms with van der Waals surface area (Å²) < 4.78 is 5.52. The van der Waals surface area contributed by atoms with Crippen LogP contribution in [0.15, 0.2) is 60.1 Å². The molecule has 1 aliphatic rings. The average molecular weight is 474 g/mol. The molecule has 0 radical (unpaired) electrons. The number of aromatic nitrogens is 2. The highest BCUT2D eigenvalue weighted by atomic mass is 32.1. The summed E-state index contributed by atoms with van der Waals surface area (Å²) in [6.45, 7) is 6.48. The van der Waals surface area contributed by atoms with E-state index in [1.54, 1.807) is 11.3 Å². The van der Waals surface area contributed by atoms with E-state index in [0.717, 1.165) is 49.4 Å². The van der Waals surface area contributed by atoms with Crippen LogP contribution in [-0.2, 0) is 11.3 Å². The lowest BCUT2D eigenvalue weighted by Gasteiger charge is -2.29. The Bertz CT molecular complexity index is 1260. The maximum atomic E-state index is 5.52. The van der Waals surface area contributed by atoms with Crippen molar-refractivity contribution >= 4 is 33.6 Å². The van der Waals surface area contributed by atoms with Crippen molar-refractivity contribution in [2.24, 2.45) is 0 Å². The Morgan fingerprint density at radius 3 is 2.76 bits per heavy atom. The van der Waals surface area contributed by atoms with Gasteiger partial charge in [-0.15, -0.1) is 16.4 Å². The number of benzene rings is 2. The predicted octanol–water partition coefficient (Wildman–Crippen LogP) is 5.43. The molecular formula is C27H31N5OS. The minimum Gasteiger partial charge on any atom is -0.378 e. The van der Waals surface area contributed by atoms with Gasteiger partial charge in [-0.1, -0.05) is 30.3 Å². The molecule has 0 bridgehead atoms. The molecular weight excluding hydrogens is 442 g/mol. The van der Waals surface area contributed by atoms with Crippen molar-refractivity contribution in [1.82, 2.24) is 15.1 Å². The Morgan fingerprint density at radius 1 is 1.12 bits per heavy atom. The molecule has 4 aromatic rings. The van der Waals surface area contributed by atoms with Gasteiger partial charge >= 0.3 is 0 Å². The van der Waals surface area contributed by atoms with Gasteiger partial charge in [-0.25, -0.2) is 0 Å². The van der Waals surface area contributed by atoms with E-state index in [9.17, 15) is 0 Å². The summed E-state index contributed by atoms with van der Waals surface area (Å²) in [6, 6.07) is 17.6. The summed E-state index contributed by atoms with van der Waals surface area (Å²) in [4.78, 5) is 5.85. The first kappa shape index (κ1) is 22.8. The number of thiophene rings is 1. The lowest BCUT2D eigenvalue weighted by Crippen LogP contribution is -2.36. The molecule has 34 heavy (non-hydrogen) atoms. The fraction of sp³-hybridized carbons (Fsp3) is 0.333. The third kappa shape index (κ3) is 4.92. The molecule has 5 rings (SSSR count). The highest BCUT2D eigenvalue weighted by molar-refractivity contribution is 7.10. The molecule has 1 saturated heterocycles. The summed E-state index contributed by atoms with van der Waals surface area (Å²) in [6.07, 6.45) is 1.83. The van der Waals surface area contributed by atoms with E-state index in [2.05, 4.69) is 100 Å². The van der Waals surface area contributed by atoms with Crippen molar-refractivity contribution in [3.8, 4) is 11.1 Å². The topological polar surface area (TPSA) is 53.5 Å². The minimum absolute atomic E-state index is 0.117. The molecule has 0 spiro atoms. The van der Waals surface area contributed by atoms with E-state index in [-0.39, 0.29) is 6.04 Å². The van der Waals surface area contributed by atoms with Gasteiger partial charge in [0.2, 0.25) is 0 Å². The minimum atomic E-state index is 0.117. The van der Waals surface area contributed by atoms with E-state index in [1.807, 2.05) is 6.20 Å². The van der Waals surface area contributed by atoms with E-state index in [4.69, 9.17) is 4.74 Å². The van der Waals surface area contributed by atoms with Crippen LogP contribution in [0.4, 0.5) is 11.5 Å². The molecule has 1 atom stereocenters. The van der Waals surface area contributed by atoms with Crippen LogP contribution < -0.4 is 10.2 Å². The molecule has 7 heteroatoms. The smallest absolute Gasteiger partial charge is 0.157 e. The van der Waals surface area contributed by atoms with Crippen molar-refractivity contribution in [2.75, 3.05) is 50.6 Å². The Labute approximate surface area is 205 Å². The van der Waals surface area contributed by atoms with Crippen LogP contribution in [0.2, 0.25) is 0 Å². The number of nitrogens with one attached hydrogen (secondary N) is 1. The maximum absolute atomic E-state index is 5.52. The molecule has 0 aliphatic carbocycles. The third-order valence-electron chi connectivity index (χ3n) is 6.24. The lowest BCUT2D eigenvalue weighted by molar-refractivity contribution is 0.122. The summed E-state index contributed by atoms with van der Waals surface area (Å²) in [5, 5.41) is 16.8. The fourth-order valence-electron chi connectivity index (χ4n) is 4.47. The monoisotopic (exact) mass is 473 g/mol. The summed E-state index contributed by atoms with van der Waals surface area (Å²) in [5.74, 6) is 0.822. The van der Waals surface area contributed by atoms with Crippen molar-refractivity contribution in [3.05, 3.63) is 70.5 Å². The van der Waals surface area contributed by atoms with Crippen molar-refractivity contribution in [2.45, 2.75) is 19.5 Å². The molecule has 0 amide bonds. The molecule has 6 nitrogen and oxygen atoms in total. The first-order chi connectivity index (χ1) is 16.6. The number of nitrogens with zero attached hydrogens (tertiary/aromatic N) is 4. The van der Waals surface area contributed by atoms with Gasteiger partial charge in [-0.2, -0.15) is 5.10 Å². The third-order valence-corrected chi connectivity index (χ3v) is 7.35. The van der Waals surface area contributed by atoms with Gasteiger partial charge in [-0.05, 0) is 61.3 Å². The summed E-state index contributed by atoms with van der Waals surface area (Å²) in [5.41, 5.74) is 5.11. The fourth-order valence-corrected chi connectivity index (χ4v) is 5.38. The van der Waals surface area contributed by atoms with Crippen LogP contribution in [0.5, 0.6) is 0 Å². The molecule has 1 N–H and O–H groups in total. The van der Waals surface area contributed by atoms with Gasteiger partial charge in [0.15, 0.2) is 5.82 Å². The zero-order valence-electron chi connectivity index (χ0n) is 20.0. The van der Waals surface area contributed by atoms with E-state index in [0.29, 0.717) is 0 Å². The van der Waals surface area contributed by atoms with Crippen LogP contribution in [0, 0.1) is 0 Å². The van der Waals surface area contributed by atoms with Gasteiger partial charge in [0.05, 0.1) is 25.5 Å². The second kappa shape index (κ2) is 10.1. The number of rotatable bonds is 7. The lowest BCUT2D eigenvalue weighted by atomic mass is 10.0. The number of anilines is 2. The zero-order chi connectivity index (χ0) is 23.5. The average Bonchev–Trinajstić information content (AvgIpc) is 3.35. The normalized spacial score (nSPS) is 15.1. The first-order valence-corrected chi connectivity index (χ1v) is 12.6. The Hall–Kier alpha value is -3.00. The van der Waals surface area contributed by atoms with Gasteiger partial charge in [-0.3, -0.25) is 0 Å². The van der Waals surface area contributed by atoms with Gasteiger partial charge in [0.25, 0.3) is 0 Å². The zero-order valence-corrected chi connectivity index (χ0v) is 20.8. The van der Waals surface area contributed by atoms with E-state index >= 15 is 0 Å². The molecule has 176 valence electrons. The van der Waals surface area contributed by atoms with Gasteiger partial charge in [0, 0.05) is 41.0 Å². The highest BCUT2D eigenvalue weighted by Crippen LogP contribution is 2.34. The van der Waals surface area contributed by atoms with Crippen LogP contribution >= 0.6 is 11.3 Å². The van der Waals surface area contributed by atoms with Crippen LogP contribution in [0.3, 0.4) is 0 Å². The number of morpholine rings is 1. The Balaban J connectivity index is 1.39. The Morgan fingerprint density at radius 2 is 1.94 bits per heavy atom. The van der Waals surface area contributed by atoms with Crippen molar-refractivity contribution in [3.63, 3.8) is 0 Å². The molecule has 2 aromatic heterocycles. The quantitative estimate of drug-likeness (QED) is 0.386. The highest BCUT2D eigenvalue weighted by Gasteiger charge is 2.16. The SMILES string of the molecule is CC(Nc1nncc2ccc(N3CCOCC3)cc12)c1cc(-c2ccccc2CN(C)C)cs1. The largest absolute Gasteiger partial charge is 0.378 e. The number of hydrogen-bond donors (Lipinski definition) is 1. The molecule has 0 saturated carbocycles. The van der Waals surface area contributed by atoms with Crippen LogP contribution in [0.1, 0.15) is 23.4 Å². The molecule has 1 aliphatic heterocycles. The summed E-state index contributed by atoms with van der Waals surface area (Å²) in [7, 11) is 4.22. The van der Waals surface area contributed by atoms with Crippen molar-refractivity contribution in [1.29, 1.82) is 0 Å². The maximum Gasteiger partial charge on any atom is 0.157 e. The van der Waals surface area contributed by atoms with Crippen LogP contribution in [0.25, 0.3) is 21.9 Å². The number of fused-ring (bicyclic) bond motifs is 1. The number of ether oxygens (including phenoxy) is 1. The second-order valence-corrected chi connectivity index (χ2v) is 10.0.